The third-order valence-electron chi connectivity index (χ3n) is 4.01. The number of methoxy groups -OCH3 is 1. The van der Waals surface area contributed by atoms with E-state index in [1.54, 1.807) is 36.4 Å². The minimum atomic E-state index is -0.0659. The molecule has 0 spiro atoms. The number of halogens is 1. The van der Waals surface area contributed by atoms with Crippen molar-refractivity contribution in [1.82, 2.24) is 20.3 Å². The Morgan fingerprint density at radius 1 is 1.17 bits per heavy atom. The average molecular weight is 412 g/mol. The molecule has 4 aromatic rings. The first-order chi connectivity index (χ1) is 14.1. The molecule has 0 atom stereocenters. The van der Waals surface area contributed by atoms with Crippen molar-refractivity contribution in [3.05, 3.63) is 58.7 Å². The number of hydrazone groups is 1. The predicted molar refractivity (Wildman–Crippen MR) is 107 cm³/mol. The molecule has 0 aliphatic heterocycles. The van der Waals surface area contributed by atoms with Gasteiger partial charge in [0.1, 0.15) is 22.9 Å². The molecule has 0 saturated carbocycles. The van der Waals surface area contributed by atoms with Crippen LogP contribution in [0.15, 0.2) is 52.2 Å². The lowest BCUT2D eigenvalue weighted by Gasteiger charge is -2.13. The second kappa shape index (κ2) is 7.60. The standard InChI is InChI=1S/C18H14ClN7O3/c1-28-11-5-6-13(27)12(8-11)14(24-20)15-16(21-10-4-2-3-9(19)7-10)23-18-17(22-15)25-29-26-18/h2-8,27H,20H2,1H3,(H,21,23,26). The number of ether oxygens (including phenoxy) is 1. The summed E-state index contributed by atoms with van der Waals surface area (Å²) in [6, 6.07) is 11.7. The molecule has 0 radical (unpaired) electrons. The Morgan fingerprint density at radius 2 is 1.97 bits per heavy atom. The van der Waals surface area contributed by atoms with E-state index in [-0.39, 0.29) is 34.3 Å². The first-order valence-electron chi connectivity index (χ1n) is 8.27. The topological polar surface area (TPSA) is 145 Å². The summed E-state index contributed by atoms with van der Waals surface area (Å²) in [5.41, 5.74) is 1.66. The highest BCUT2D eigenvalue weighted by molar-refractivity contribution is 6.30. The monoisotopic (exact) mass is 411 g/mol. The molecule has 2 aromatic heterocycles. The Balaban J connectivity index is 1.89. The van der Waals surface area contributed by atoms with E-state index in [0.717, 1.165) is 0 Å². The van der Waals surface area contributed by atoms with Gasteiger partial charge in [-0.25, -0.2) is 14.6 Å². The van der Waals surface area contributed by atoms with Crippen LogP contribution in [0.3, 0.4) is 0 Å². The molecule has 0 aliphatic carbocycles. The highest BCUT2D eigenvalue weighted by Crippen LogP contribution is 2.29. The van der Waals surface area contributed by atoms with Crippen LogP contribution in [0.25, 0.3) is 11.3 Å². The van der Waals surface area contributed by atoms with Crippen molar-refractivity contribution >= 4 is 40.1 Å². The number of phenols is 1. The molecule has 0 bridgehead atoms. The van der Waals surface area contributed by atoms with E-state index in [1.165, 1.54) is 13.2 Å². The van der Waals surface area contributed by atoms with Crippen LogP contribution in [0, 0.1) is 0 Å². The van der Waals surface area contributed by atoms with E-state index in [4.69, 9.17) is 26.8 Å². The maximum absolute atomic E-state index is 10.4. The maximum Gasteiger partial charge on any atom is 0.245 e. The summed E-state index contributed by atoms with van der Waals surface area (Å²) >= 11 is 6.06. The van der Waals surface area contributed by atoms with Crippen molar-refractivity contribution < 1.29 is 14.5 Å². The summed E-state index contributed by atoms with van der Waals surface area (Å²) in [6.07, 6.45) is 0. The quantitative estimate of drug-likeness (QED) is 0.256. The van der Waals surface area contributed by atoms with Gasteiger partial charge in [-0.05, 0) is 46.7 Å². The molecule has 11 heteroatoms. The van der Waals surface area contributed by atoms with Gasteiger partial charge in [0, 0.05) is 16.3 Å². The summed E-state index contributed by atoms with van der Waals surface area (Å²) < 4.78 is 9.94. The van der Waals surface area contributed by atoms with Gasteiger partial charge in [0.05, 0.1) is 7.11 Å². The average Bonchev–Trinajstić information content (AvgIpc) is 3.17. The van der Waals surface area contributed by atoms with Crippen LogP contribution in [0.4, 0.5) is 11.5 Å². The summed E-state index contributed by atoms with van der Waals surface area (Å²) in [6.45, 7) is 0. The third-order valence-corrected chi connectivity index (χ3v) is 4.25. The van der Waals surface area contributed by atoms with E-state index in [0.29, 0.717) is 22.0 Å². The number of benzene rings is 2. The Kier molecular flexibility index (Phi) is 4.83. The van der Waals surface area contributed by atoms with Crippen LogP contribution in [0.1, 0.15) is 11.3 Å². The highest BCUT2D eigenvalue weighted by Gasteiger charge is 2.22. The minimum Gasteiger partial charge on any atom is -0.507 e. The van der Waals surface area contributed by atoms with Gasteiger partial charge in [-0.3, -0.25) is 0 Å². The van der Waals surface area contributed by atoms with E-state index in [1.807, 2.05) is 0 Å². The number of nitrogens with one attached hydrogen (secondary N) is 1. The SMILES string of the molecule is COc1ccc(O)c(C(=NN)c2nc3nonc3nc2Nc2cccc(Cl)c2)c1. The molecular formula is C18H14ClN7O3. The molecule has 2 aromatic carbocycles. The van der Waals surface area contributed by atoms with Crippen molar-refractivity contribution in [2.45, 2.75) is 0 Å². The van der Waals surface area contributed by atoms with E-state index >= 15 is 0 Å². The lowest BCUT2D eigenvalue weighted by Crippen LogP contribution is -2.14. The van der Waals surface area contributed by atoms with Crippen molar-refractivity contribution in [2.75, 3.05) is 12.4 Å². The van der Waals surface area contributed by atoms with Gasteiger partial charge >= 0.3 is 0 Å². The number of aromatic nitrogens is 4. The van der Waals surface area contributed by atoms with Crippen LogP contribution in [-0.2, 0) is 0 Å². The van der Waals surface area contributed by atoms with Gasteiger partial charge in [-0.1, -0.05) is 17.7 Å². The van der Waals surface area contributed by atoms with E-state index < -0.39 is 0 Å². The Morgan fingerprint density at radius 3 is 2.69 bits per heavy atom. The fourth-order valence-corrected chi connectivity index (χ4v) is 2.87. The van der Waals surface area contributed by atoms with E-state index in [2.05, 4.69) is 30.7 Å². The molecule has 0 amide bonds. The largest absolute Gasteiger partial charge is 0.507 e. The molecule has 0 aliphatic rings. The lowest BCUT2D eigenvalue weighted by molar-refractivity contribution is 0.314. The number of nitrogens with zero attached hydrogens (tertiary/aromatic N) is 5. The fourth-order valence-electron chi connectivity index (χ4n) is 2.68. The maximum atomic E-state index is 10.4. The molecule has 10 nitrogen and oxygen atoms in total. The Bertz CT molecular complexity index is 1230. The van der Waals surface area contributed by atoms with Gasteiger partial charge in [-0.15, -0.1) is 0 Å². The van der Waals surface area contributed by atoms with Gasteiger partial charge in [0.25, 0.3) is 0 Å². The molecule has 4 N–H and O–H groups in total. The molecule has 146 valence electrons. The van der Waals surface area contributed by atoms with Crippen LogP contribution in [0.2, 0.25) is 5.02 Å². The number of aromatic hydroxyl groups is 1. The second-order valence-corrected chi connectivity index (χ2v) is 6.26. The number of rotatable bonds is 5. The number of anilines is 2. The van der Waals surface area contributed by atoms with Gasteiger partial charge in [0.2, 0.25) is 11.3 Å². The van der Waals surface area contributed by atoms with Gasteiger partial charge < -0.3 is 21.0 Å². The summed E-state index contributed by atoms with van der Waals surface area (Å²) in [5, 5.41) is 25.3. The first-order valence-corrected chi connectivity index (χ1v) is 8.65. The summed E-state index contributed by atoms with van der Waals surface area (Å²) in [4.78, 5) is 8.80. The minimum absolute atomic E-state index is 0.0659. The van der Waals surface area contributed by atoms with E-state index in [9.17, 15) is 5.11 Å². The predicted octanol–water partition coefficient (Wildman–Crippen LogP) is 2.84. The summed E-state index contributed by atoms with van der Waals surface area (Å²) in [5.74, 6) is 6.36. The molecule has 29 heavy (non-hydrogen) atoms. The zero-order valence-electron chi connectivity index (χ0n) is 15.0. The molecular weight excluding hydrogens is 398 g/mol. The van der Waals surface area contributed by atoms with Crippen molar-refractivity contribution in [1.29, 1.82) is 0 Å². The number of phenolic OH excluding ortho intramolecular Hbond substituents is 1. The van der Waals surface area contributed by atoms with Crippen molar-refractivity contribution in [3.63, 3.8) is 0 Å². The molecule has 4 rings (SSSR count). The number of nitrogens with two attached hydrogens (primary N) is 1. The zero-order chi connectivity index (χ0) is 20.4. The third kappa shape index (κ3) is 3.60. The molecule has 0 fully saturated rings. The van der Waals surface area contributed by atoms with Gasteiger partial charge in [0.15, 0.2) is 5.82 Å². The highest BCUT2D eigenvalue weighted by atomic mass is 35.5. The van der Waals surface area contributed by atoms with Crippen LogP contribution < -0.4 is 15.9 Å². The van der Waals surface area contributed by atoms with Crippen LogP contribution in [0.5, 0.6) is 11.5 Å². The number of hydrogen-bond acceptors (Lipinski definition) is 10. The molecule has 0 saturated heterocycles. The first kappa shape index (κ1) is 18.4. The summed E-state index contributed by atoms with van der Waals surface area (Å²) in [7, 11) is 1.51. The zero-order valence-corrected chi connectivity index (χ0v) is 15.8. The number of fused-ring (bicyclic) bond motifs is 1. The Labute approximate surface area is 168 Å². The second-order valence-electron chi connectivity index (χ2n) is 5.83. The normalized spacial score (nSPS) is 11.6. The lowest BCUT2D eigenvalue weighted by atomic mass is 10.0. The smallest absolute Gasteiger partial charge is 0.245 e. The van der Waals surface area contributed by atoms with Gasteiger partial charge in [-0.2, -0.15) is 5.10 Å². The van der Waals surface area contributed by atoms with Crippen molar-refractivity contribution in [2.24, 2.45) is 10.9 Å². The van der Waals surface area contributed by atoms with Crippen LogP contribution >= 0.6 is 11.6 Å². The van der Waals surface area contributed by atoms with Crippen LogP contribution in [-0.4, -0.2) is 38.2 Å². The molecule has 2 heterocycles. The number of hydrogen-bond donors (Lipinski definition) is 3. The Hall–Kier alpha value is -3.92. The fraction of sp³-hybridized carbons (Fsp3) is 0.0556. The van der Waals surface area contributed by atoms with Crippen molar-refractivity contribution in [3.8, 4) is 11.5 Å². The molecule has 0 unspecified atom stereocenters.